The molecule has 0 aliphatic rings. The third-order valence-electron chi connectivity index (χ3n) is 2.50. The molecule has 17 heavy (non-hydrogen) atoms. The second-order valence-electron chi connectivity index (χ2n) is 4.56. The van der Waals surface area contributed by atoms with Crippen molar-refractivity contribution < 1.29 is 0 Å². The molecule has 0 aliphatic heterocycles. The summed E-state index contributed by atoms with van der Waals surface area (Å²) in [5.41, 5.74) is 1.12. The van der Waals surface area contributed by atoms with Crippen LogP contribution in [0.2, 0.25) is 5.02 Å². The van der Waals surface area contributed by atoms with Gasteiger partial charge in [0.1, 0.15) is 0 Å². The van der Waals surface area contributed by atoms with Gasteiger partial charge in [-0.15, -0.1) is 0 Å². The topological polar surface area (TPSA) is 24.1 Å². The van der Waals surface area contributed by atoms with Gasteiger partial charge in [-0.1, -0.05) is 37.6 Å². The molecular formula is C13H20BrClN2. The van der Waals surface area contributed by atoms with E-state index in [1.807, 2.05) is 18.2 Å². The lowest BCUT2D eigenvalue weighted by molar-refractivity contribution is 0.474. The third kappa shape index (κ3) is 5.38. The summed E-state index contributed by atoms with van der Waals surface area (Å²) in [6.45, 7) is 8.22. The van der Waals surface area contributed by atoms with Gasteiger partial charge >= 0.3 is 0 Å². The van der Waals surface area contributed by atoms with E-state index in [9.17, 15) is 0 Å². The van der Waals surface area contributed by atoms with Crippen molar-refractivity contribution in [3.63, 3.8) is 0 Å². The van der Waals surface area contributed by atoms with E-state index in [1.54, 1.807) is 0 Å². The standard InChI is InChI=1S/C13H20BrClN2/c1-9(2)16-7-10(3)17-8-11-5-4-6-12(14)13(11)15/h4-6,9-10,16-17H,7-8H2,1-3H3. The smallest absolute Gasteiger partial charge is 0.0592 e. The number of benzene rings is 1. The van der Waals surface area contributed by atoms with Crippen molar-refractivity contribution in [1.82, 2.24) is 10.6 Å². The van der Waals surface area contributed by atoms with Crippen LogP contribution < -0.4 is 10.6 Å². The monoisotopic (exact) mass is 318 g/mol. The lowest BCUT2D eigenvalue weighted by Gasteiger charge is -2.17. The quantitative estimate of drug-likeness (QED) is 0.837. The predicted molar refractivity (Wildman–Crippen MR) is 78.6 cm³/mol. The molecule has 0 bridgehead atoms. The highest BCUT2D eigenvalue weighted by Crippen LogP contribution is 2.25. The Morgan fingerprint density at radius 1 is 1.24 bits per heavy atom. The van der Waals surface area contributed by atoms with E-state index in [0.717, 1.165) is 28.1 Å². The van der Waals surface area contributed by atoms with Crippen LogP contribution in [0.25, 0.3) is 0 Å². The molecule has 0 amide bonds. The van der Waals surface area contributed by atoms with Crippen LogP contribution in [0.4, 0.5) is 0 Å². The van der Waals surface area contributed by atoms with E-state index in [1.165, 1.54) is 0 Å². The fourth-order valence-corrected chi connectivity index (χ4v) is 2.05. The molecule has 0 heterocycles. The Labute approximate surface area is 117 Å². The minimum atomic E-state index is 0.424. The molecule has 0 aromatic heterocycles. The molecular weight excluding hydrogens is 300 g/mol. The minimum absolute atomic E-state index is 0.424. The van der Waals surface area contributed by atoms with Crippen LogP contribution in [0.5, 0.6) is 0 Å². The average molecular weight is 320 g/mol. The third-order valence-corrected chi connectivity index (χ3v) is 3.84. The first-order valence-corrected chi connectivity index (χ1v) is 7.07. The molecule has 96 valence electrons. The van der Waals surface area contributed by atoms with Gasteiger partial charge < -0.3 is 10.6 Å². The van der Waals surface area contributed by atoms with Crippen molar-refractivity contribution in [3.8, 4) is 0 Å². The molecule has 0 aliphatic carbocycles. The molecule has 0 fully saturated rings. The van der Waals surface area contributed by atoms with E-state index < -0.39 is 0 Å². The Kier molecular flexibility index (Phi) is 6.49. The Hall–Kier alpha value is -0.0900. The van der Waals surface area contributed by atoms with Gasteiger partial charge in [-0.2, -0.15) is 0 Å². The molecule has 0 radical (unpaired) electrons. The van der Waals surface area contributed by atoms with Crippen LogP contribution in [0.15, 0.2) is 22.7 Å². The summed E-state index contributed by atoms with van der Waals surface area (Å²) < 4.78 is 0.950. The zero-order valence-corrected chi connectivity index (χ0v) is 12.9. The highest BCUT2D eigenvalue weighted by molar-refractivity contribution is 9.10. The molecule has 2 nitrogen and oxygen atoms in total. The molecule has 1 unspecified atom stereocenters. The molecule has 0 saturated carbocycles. The summed E-state index contributed by atoms with van der Waals surface area (Å²) in [5.74, 6) is 0. The first-order valence-electron chi connectivity index (χ1n) is 5.90. The number of nitrogens with one attached hydrogen (secondary N) is 2. The maximum absolute atomic E-state index is 6.20. The van der Waals surface area contributed by atoms with Crippen molar-refractivity contribution in [2.75, 3.05) is 6.54 Å². The van der Waals surface area contributed by atoms with Gasteiger partial charge in [0.25, 0.3) is 0 Å². The normalized spacial score (nSPS) is 13.1. The molecule has 1 rings (SSSR count). The first kappa shape index (κ1) is 15.0. The Morgan fingerprint density at radius 2 is 1.94 bits per heavy atom. The summed E-state index contributed by atoms with van der Waals surface area (Å²) in [6, 6.07) is 6.95. The second-order valence-corrected chi connectivity index (χ2v) is 5.79. The molecule has 0 spiro atoms. The summed E-state index contributed by atoms with van der Waals surface area (Å²) in [5, 5.41) is 7.65. The number of hydrogen-bond donors (Lipinski definition) is 2. The largest absolute Gasteiger partial charge is 0.313 e. The van der Waals surface area contributed by atoms with Gasteiger partial charge in [0, 0.05) is 29.6 Å². The summed E-state index contributed by atoms with van der Waals surface area (Å²) in [6.07, 6.45) is 0. The number of hydrogen-bond acceptors (Lipinski definition) is 2. The Morgan fingerprint density at radius 3 is 2.59 bits per heavy atom. The minimum Gasteiger partial charge on any atom is -0.313 e. The fraction of sp³-hybridized carbons (Fsp3) is 0.538. The van der Waals surface area contributed by atoms with E-state index >= 15 is 0 Å². The van der Waals surface area contributed by atoms with Crippen LogP contribution in [-0.4, -0.2) is 18.6 Å². The van der Waals surface area contributed by atoms with Crippen LogP contribution in [0.1, 0.15) is 26.3 Å². The van der Waals surface area contributed by atoms with Crippen LogP contribution in [-0.2, 0) is 6.54 Å². The van der Waals surface area contributed by atoms with Crippen molar-refractivity contribution in [1.29, 1.82) is 0 Å². The summed E-state index contributed by atoms with van der Waals surface area (Å²) in [7, 11) is 0. The highest BCUT2D eigenvalue weighted by atomic mass is 79.9. The molecule has 1 aromatic rings. The fourth-order valence-electron chi connectivity index (χ4n) is 1.45. The van der Waals surface area contributed by atoms with Crippen molar-refractivity contribution >= 4 is 27.5 Å². The SMILES string of the molecule is CC(C)NCC(C)NCc1cccc(Br)c1Cl. The second kappa shape index (κ2) is 7.37. The van der Waals surface area contributed by atoms with Gasteiger partial charge in [-0.25, -0.2) is 0 Å². The number of halogens is 2. The molecule has 2 N–H and O–H groups in total. The molecule has 1 aromatic carbocycles. The van der Waals surface area contributed by atoms with Crippen LogP contribution in [0, 0.1) is 0 Å². The average Bonchev–Trinajstić information content (AvgIpc) is 2.28. The Bertz CT molecular complexity index is 355. The van der Waals surface area contributed by atoms with Gasteiger partial charge in [-0.3, -0.25) is 0 Å². The highest BCUT2D eigenvalue weighted by Gasteiger charge is 2.06. The van der Waals surface area contributed by atoms with Crippen LogP contribution in [0.3, 0.4) is 0 Å². The molecule has 1 atom stereocenters. The van der Waals surface area contributed by atoms with E-state index in [-0.39, 0.29) is 0 Å². The lowest BCUT2D eigenvalue weighted by Crippen LogP contribution is -2.38. The van der Waals surface area contributed by atoms with E-state index in [4.69, 9.17) is 11.6 Å². The van der Waals surface area contributed by atoms with E-state index in [2.05, 4.69) is 47.3 Å². The van der Waals surface area contributed by atoms with Gasteiger partial charge in [-0.05, 0) is 34.5 Å². The Balaban J connectivity index is 2.42. The van der Waals surface area contributed by atoms with Gasteiger partial charge in [0.05, 0.1) is 5.02 Å². The number of rotatable bonds is 6. The molecule has 0 saturated heterocycles. The maximum atomic E-state index is 6.20. The van der Waals surface area contributed by atoms with Crippen molar-refractivity contribution in [2.45, 2.75) is 39.4 Å². The van der Waals surface area contributed by atoms with Crippen LogP contribution >= 0.6 is 27.5 Å². The van der Waals surface area contributed by atoms with Crippen molar-refractivity contribution in [3.05, 3.63) is 33.3 Å². The first-order chi connectivity index (χ1) is 8.00. The molecule has 4 heteroatoms. The van der Waals surface area contributed by atoms with E-state index in [0.29, 0.717) is 12.1 Å². The van der Waals surface area contributed by atoms with Gasteiger partial charge in [0.15, 0.2) is 0 Å². The van der Waals surface area contributed by atoms with Gasteiger partial charge in [0.2, 0.25) is 0 Å². The predicted octanol–water partition coefficient (Wildman–Crippen LogP) is 3.58. The lowest BCUT2D eigenvalue weighted by atomic mass is 10.2. The summed E-state index contributed by atoms with van der Waals surface area (Å²) >= 11 is 9.63. The zero-order chi connectivity index (χ0) is 12.8. The zero-order valence-electron chi connectivity index (χ0n) is 10.6. The van der Waals surface area contributed by atoms with Crippen molar-refractivity contribution in [2.24, 2.45) is 0 Å². The maximum Gasteiger partial charge on any atom is 0.0592 e. The summed E-state index contributed by atoms with van der Waals surface area (Å²) in [4.78, 5) is 0.